The molecule has 0 aliphatic heterocycles. The SMILES string of the molecule is CCCCNc1nnc(SCc2cc(=O)n3cccc(C)c3n2)s1. The Balaban J connectivity index is 1.70. The first-order valence-electron chi connectivity index (χ1n) is 7.85. The van der Waals surface area contributed by atoms with Crippen molar-refractivity contribution in [3.63, 3.8) is 0 Å². The highest BCUT2D eigenvalue weighted by atomic mass is 32.2. The third-order valence-electron chi connectivity index (χ3n) is 3.50. The van der Waals surface area contributed by atoms with E-state index in [4.69, 9.17) is 0 Å². The van der Waals surface area contributed by atoms with Crippen molar-refractivity contribution >= 4 is 33.9 Å². The number of aromatic nitrogens is 4. The summed E-state index contributed by atoms with van der Waals surface area (Å²) >= 11 is 3.08. The molecule has 0 saturated heterocycles. The molecule has 3 heterocycles. The second-order valence-electron chi connectivity index (χ2n) is 5.41. The maximum Gasteiger partial charge on any atom is 0.258 e. The van der Waals surface area contributed by atoms with Crippen LogP contribution >= 0.6 is 23.1 Å². The quantitative estimate of drug-likeness (QED) is 0.514. The standard InChI is InChI=1S/C16H19N5OS2/c1-3-4-7-17-15-19-20-16(24-15)23-10-12-9-13(22)21-8-5-6-11(2)14(21)18-12/h5-6,8-9H,3-4,7,10H2,1-2H3,(H,17,19). The molecular formula is C16H19N5OS2. The lowest BCUT2D eigenvalue weighted by molar-refractivity contribution is 0.830. The molecule has 0 aliphatic carbocycles. The number of nitrogens with zero attached hydrogens (tertiary/aromatic N) is 4. The monoisotopic (exact) mass is 361 g/mol. The Morgan fingerprint density at radius 1 is 1.38 bits per heavy atom. The van der Waals surface area contributed by atoms with Gasteiger partial charge in [0.05, 0.1) is 5.69 Å². The van der Waals surface area contributed by atoms with Crippen molar-refractivity contribution in [2.24, 2.45) is 0 Å². The number of rotatable bonds is 7. The molecule has 0 spiro atoms. The first-order chi connectivity index (χ1) is 11.7. The highest BCUT2D eigenvalue weighted by molar-refractivity contribution is 8.00. The van der Waals surface area contributed by atoms with Gasteiger partial charge in [-0.1, -0.05) is 42.5 Å². The fraction of sp³-hybridized carbons (Fsp3) is 0.375. The van der Waals surface area contributed by atoms with E-state index in [0.717, 1.165) is 40.1 Å². The van der Waals surface area contributed by atoms with E-state index in [0.29, 0.717) is 11.4 Å². The summed E-state index contributed by atoms with van der Waals surface area (Å²) in [4.78, 5) is 16.8. The van der Waals surface area contributed by atoms with Crippen molar-refractivity contribution < 1.29 is 0 Å². The summed E-state index contributed by atoms with van der Waals surface area (Å²) in [6.45, 7) is 5.03. The van der Waals surface area contributed by atoms with Crippen LogP contribution in [-0.4, -0.2) is 26.1 Å². The number of hydrogen-bond donors (Lipinski definition) is 1. The van der Waals surface area contributed by atoms with E-state index in [2.05, 4.69) is 27.4 Å². The first kappa shape index (κ1) is 16.9. The number of nitrogens with one attached hydrogen (secondary N) is 1. The largest absolute Gasteiger partial charge is 0.360 e. The molecule has 3 rings (SSSR count). The number of pyridine rings is 1. The zero-order chi connectivity index (χ0) is 16.9. The normalized spacial score (nSPS) is 11.1. The minimum absolute atomic E-state index is 0.0570. The Hall–Kier alpha value is -1.93. The third kappa shape index (κ3) is 3.93. The Morgan fingerprint density at radius 3 is 3.08 bits per heavy atom. The van der Waals surface area contributed by atoms with E-state index in [9.17, 15) is 4.79 Å². The van der Waals surface area contributed by atoms with Crippen LogP contribution in [0.25, 0.3) is 5.65 Å². The zero-order valence-corrected chi connectivity index (χ0v) is 15.3. The van der Waals surface area contributed by atoms with Gasteiger partial charge in [0.1, 0.15) is 5.65 Å². The lowest BCUT2D eigenvalue weighted by Gasteiger charge is -2.05. The number of thioether (sulfide) groups is 1. The second-order valence-corrected chi connectivity index (χ2v) is 7.61. The maximum absolute atomic E-state index is 12.2. The number of hydrogen-bond acceptors (Lipinski definition) is 7. The van der Waals surface area contributed by atoms with Gasteiger partial charge >= 0.3 is 0 Å². The topological polar surface area (TPSA) is 72.2 Å². The number of aryl methyl sites for hydroxylation is 1. The summed E-state index contributed by atoms with van der Waals surface area (Å²) in [6.07, 6.45) is 4.01. The number of anilines is 1. The lowest BCUT2D eigenvalue weighted by Crippen LogP contribution is -2.15. The van der Waals surface area contributed by atoms with E-state index >= 15 is 0 Å². The van der Waals surface area contributed by atoms with Crippen LogP contribution in [-0.2, 0) is 5.75 Å². The lowest BCUT2D eigenvalue weighted by atomic mass is 10.3. The third-order valence-corrected chi connectivity index (χ3v) is 5.54. The van der Waals surface area contributed by atoms with Gasteiger partial charge in [-0.05, 0) is 25.0 Å². The van der Waals surface area contributed by atoms with Crippen LogP contribution < -0.4 is 10.9 Å². The van der Waals surface area contributed by atoms with Gasteiger partial charge in [-0.25, -0.2) is 4.98 Å². The minimum atomic E-state index is -0.0570. The predicted octanol–water partition coefficient (Wildman–Crippen LogP) is 3.36. The van der Waals surface area contributed by atoms with E-state index in [-0.39, 0.29) is 5.56 Å². The molecule has 1 N–H and O–H groups in total. The molecule has 0 amide bonds. The van der Waals surface area contributed by atoms with Crippen LogP contribution in [0.2, 0.25) is 0 Å². The Morgan fingerprint density at radius 2 is 2.25 bits per heavy atom. The van der Waals surface area contributed by atoms with Crippen molar-refractivity contribution in [2.75, 3.05) is 11.9 Å². The zero-order valence-electron chi connectivity index (χ0n) is 13.7. The van der Waals surface area contributed by atoms with E-state index < -0.39 is 0 Å². The fourth-order valence-corrected chi connectivity index (χ4v) is 3.90. The maximum atomic E-state index is 12.2. The number of fused-ring (bicyclic) bond motifs is 1. The predicted molar refractivity (Wildman–Crippen MR) is 99.1 cm³/mol. The molecule has 0 aliphatic rings. The van der Waals surface area contributed by atoms with Crippen molar-refractivity contribution in [1.82, 2.24) is 19.6 Å². The highest BCUT2D eigenvalue weighted by Gasteiger charge is 2.08. The summed E-state index contributed by atoms with van der Waals surface area (Å²) in [6, 6.07) is 5.40. The van der Waals surface area contributed by atoms with Gasteiger partial charge in [0.15, 0.2) is 4.34 Å². The molecule has 24 heavy (non-hydrogen) atoms. The smallest absolute Gasteiger partial charge is 0.258 e. The molecule has 0 aromatic carbocycles. The van der Waals surface area contributed by atoms with Crippen molar-refractivity contribution in [1.29, 1.82) is 0 Å². The molecule has 0 atom stereocenters. The van der Waals surface area contributed by atoms with Gasteiger partial charge in [0.25, 0.3) is 5.56 Å². The summed E-state index contributed by atoms with van der Waals surface area (Å²) in [5, 5.41) is 12.4. The molecule has 6 nitrogen and oxygen atoms in total. The fourth-order valence-electron chi connectivity index (χ4n) is 2.23. The molecule has 0 fully saturated rings. The second kappa shape index (κ2) is 7.76. The van der Waals surface area contributed by atoms with Gasteiger partial charge in [-0.3, -0.25) is 9.20 Å². The van der Waals surface area contributed by atoms with Crippen molar-refractivity contribution in [3.8, 4) is 0 Å². The molecule has 0 bridgehead atoms. The number of unbranched alkanes of at least 4 members (excludes halogenated alkanes) is 1. The van der Waals surface area contributed by atoms with Gasteiger partial charge in [0, 0.05) is 24.6 Å². The van der Waals surface area contributed by atoms with Gasteiger partial charge < -0.3 is 5.32 Å². The van der Waals surface area contributed by atoms with Crippen LogP contribution in [0.4, 0.5) is 5.13 Å². The van der Waals surface area contributed by atoms with Crippen LogP contribution in [0.1, 0.15) is 31.0 Å². The van der Waals surface area contributed by atoms with Gasteiger partial charge in [0.2, 0.25) is 5.13 Å². The minimum Gasteiger partial charge on any atom is -0.360 e. The molecule has 3 aromatic rings. The van der Waals surface area contributed by atoms with Crippen LogP contribution in [0, 0.1) is 6.92 Å². The molecule has 0 radical (unpaired) electrons. The first-order valence-corrected chi connectivity index (χ1v) is 9.65. The van der Waals surface area contributed by atoms with Crippen LogP contribution in [0.15, 0.2) is 33.5 Å². The van der Waals surface area contributed by atoms with Crippen LogP contribution in [0.3, 0.4) is 0 Å². The highest BCUT2D eigenvalue weighted by Crippen LogP contribution is 2.27. The summed E-state index contributed by atoms with van der Waals surface area (Å²) in [5.41, 5.74) is 2.40. The molecule has 3 aromatic heterocycles. The Kier molecular flexibility index (Phi) is 5.47. The molecular weight excluding hydrogens is 342 g/mol. The summed E-state index contributed by atoms with van der Waals surface area (Å²) in [7, 11) is 0. The molecule has 0 unspecified atom stereocenters. The van der Waals surface area contributed by atoms with E-state index in [1.54, 1.807) is 28.4 Å². The Bertz CT molecular complexity index is 890. The summed E-state index contributed by atoms with van der Waals surface area (Å²) < 4.78 is 2.45. The summed E-state index contributed by atoms with van der Waals surface area (Å²) in [5.74, 6) is 0.601. The molecule has 0 saturated carbocycles. The van der Waals surface area contributed by atoms with Gasteiger partial charge in [-0.15, -0.1) is 10.2 Å². The molecule has 8 heteroatoms. The molecule has 126 valence electrons. The van der Waals surface area contributed by atoms with E-state index in [1.807, 2.05) is 19.1 Å². The van der Waals surface area contributed by atoms with Crippen molar-refractivity contribution in [2.45, 2.75) is 36.8 Å². The van der Waals surface area contributed by atoms with Crippen LogP contribution in [0.5, 0.6) is 0 Å². The van der Waals surface area contributed by atoms with Crippen molar-refractivity contribution in [3.05, 3.63) is 46.0 Å². The Labute approximate surface area is 148 Å². The van der Waals surface area contributed by atoms with Gasteiger partial charge in [-0.2, -0.15) is 0 Å². The van der Waals surface area contributed by atoms with E-state index in [1.165, 1.54) is 11.3 Å². The average molecular weight is 361 g/mol. The average Bonchev–Trinajstić information content (AvgIpc) is 3.02.